The lowest BCUT2D eigenvalue weighted by molar-refractivity contribution is -0.137. The van der Waals surface area contributed by atoms with Crippen molar-refractivity contribution in [2.75, 3.05) is 0 Å². The fourth-order valence-corrected chi connectivity index (χ4v) is 2.36. The third kappa shape index (κ3) is 3.24. The molecule has 0 heterocycles. The van der Waals surface area contributed by atoms with E-state index >= 15 is 0 Å². The molecule has 0 aromatic heterocycles. The largest absolute Gasteiger partial charge is 0.416 e. The Morgan fingerprint density at radius 1 is 1.05 bits per heavy atom. The molecule has 0 aliphatic heterocycles. The standard InChI is InChI=1S/C14H8BrF5O/c15-11-9(4-5-10(16)12(11)17)13(21)7-2-1-3-8(6-7)14(18,19)20/h1-6,13,21H. The lowest BCUT2D eigenvalue weighted by Gasteiger charge is -2.16. The van der Waals surface area contributed by atoms with E-state index in [2.05, 4.69) is 15.9 Å². The molecule has 1 N–H and O–H groups in total. The van der Waals surface area contributed by atoms with Crippen molar-refractivity contribution in [2.45, 2.75) is 12.3 Å². The number of aliphatic hydroxyl groups excluding tert-OH is 1. The summed E-state index contributed by atoms with van der Waals surface area (Å²) in [6.45, 7) is 0. The van der Waals surface area contributed by atoms with Crippen LogP contribution in [0.3, 0.4) is 0 Å². The van der Waals surface area contributed by atoms with Gasteiger partial charge in [-0.1, -0.05) is 18.2 Å². The molecule has 0 radical (unpaired) electrons. The SMILES string of the molecule is OC(c1cccc(C(F)(F)F)c1)c1ccc(F)c(F)c1Br. The number of alkyl halides is 3. The summed E-state index contributed by atoms with van der Waals surface area (Å²) in [5.74, 6) is -2.33. The second kappa shape index (κ2) is 5.73. The topological polar surface area (TPSA) is 20.2 Å². The van der Waals surface area contributed by atoms with Crippen molar-refractivity contribution >= 4 is 15.9 Å². The zero-order chi connectivity index (χ0) is 15.8. The number of rotatable bonds is 2. The smallest absolute Gasteiger partial charge is 0.384 e. The molecule has 0 spiro atoms. The van der Waals surface area contributed by atoms with Gasteiger partial charge < -0.3 is 5.11 Å². The fraction of sp³-hybridized carbons (Fsp3) is 0.143. The van der Waals surface area contributed by atoms with Crippen molar-refractivity contribution < 1.29 is 27.1 Å². The second-order valence-electron chi connectivity index (χ2n) is 4.29. The lowest BCUT2D eigenvalue weighted by atomic mass is 9.99. The molecule has 0 saturated carbocycles. The Morgan fingerprint density at radius 2 is 1.71 bits per heavy atom. The van der Waals surface area contributed by atoms with Crippen LogP contribution in [-0.2, 0) is 6.18 Å². The molecule has 1 atom stereocenters. The quantitative estimate of drug-likeness (QED) is 0.596. The Labute approximate surface area is 125 Å². The minimum atomic E-state index is -4.55. The van der Waals surface area contributed by atoms with Gasteiger partial charge in [0.25, 0.3) is 0 Å². The Bertz CT molecular complexity index is 669. The van der Waals surface area contributed by atoms with Gasteiger partial charge in [-0.2, -0.15) is 13.2 Å². The van der Waals surface area contributed by atoms with Crippen LogP contribution in [0.25, 0.3) is 0 Å². The van der Waals surface area contributed by atoms with Gasteiger partial charge in [-0.25, -0.2) is 8.78 Å². The molecular weight excluding hydrogens is 359 g/mol. The Morgan fingerprint density at radius 3 is 2.33 bits per heavy atom. The van der Waals surface area contributed by atoms with E-state index in [0.717, 1.165) is 30.3 Å². The number of benzene rings is 2. The number of hydrogen-bond donors (Lipinski definition) is 1. The Kier molecular flexibility index (Phi) is 4.34. The van der Waals surface area contributed by atoms with E-state index in [0.29, 0.717) is 0 Å². The van der Waals surface area contributed by atoms with Gasteiger partial charge in [0.1, 0.15) is 6.10 Å². The predicted molar refractivity (Wildman–Crippen MR) is 69.6 cm³/mol. The summed E-state index contributed by atoms with van der Waals surface area (Å²) < 4.78 is 64.0. The molecule has 2 aromatic carbocycles. The number of aliphatic hydroxyl groups is 1. The average Bonchev–Trinajstić information content (AvgIpc) is 2.43. The van der Waals surface area contributed by atoms with Gasteiger partial charge in [0.05, 0.1) is 10.0 Å². The summed E-state index contributed by atoms with van der Waals surface area (Å²) in [6, 6.07) is 5.93. The Balaban J connectivity index is 2.46. The van der Waals surface area contributed by atoms with Crippen LogP contribution in [0.2, 0.25) is 0 Å². The monoisotopic (exact) mass is 366 g/mol. The molecule has 2 rings (SSSR count). The van der Waals surface area contributed by atoms with Crippen molar-refractivity contribution in [2.24, 2.45) is 0 Å². The first-order chi connectivity index (χ1) is 9.71. The third-order valence-corrected chi connectivity index (χ3v) is 3.70. The van der Waals surface area contributed by atoms with E-state index in [1.54, 1.807) is 0 Å². The summed E-state index contributed by atoms with van der Waals surface area (Å²) in [5, 5.41) is 10.1. The highest BCUT2D eigenvalue weighted by Gasteiger charge is 2.31. The van der Waals surface area contributed by atoms with Crippen LogP contribution in [0.5, 0.6) is 0 Å². The first kappa shape index (κ1) is 15.9. The third-order valence-electron chi connectivity index (χ3n) is 2.89. The fourth-order valence-electron chi connectivity index (χ4n) is 1.82. The van der Waals surface area contributed by atoms with Crippen molar-refractivity contribution in [3.63, 3.8) is 0 Å². The summed E-state index contributed by atoms with van der Waals surface area (Å²) >= 11 is 2.79. The zero-order valence-electron chi connectivity index (χ0n) is 10.3. The first-order valence-electron chi connectivity index (χ1n) is 5.70. The van der Waals surface area contributed by atoms with E-state index in [4.69, 9.17) is 0 Å². The van der Waals surface area contributed by atoms with Gasteiger partial charge in [0.15, 0.2) is 11.6 Å². The van der Waals surface area contributed by atoms with E-state index in [-0.39, 0.29) is 15.6 Å². The predicted octanol–water partition coefficient (Wildman–Crippen LogP) is 4.83. The average molecular weight is 367 g/mol. The summed E-state index contributed by atoms with van der Waals surface area (Å²) in [7, 11) is 0. The molecular formula is C14H8BrF5O. The molecule has 7 heteroatoms. The van der Waals surface area contributed by atoms with Crippen LogP contribution >= 0.6 is 15.9 Å². The molecule has 112 valence electrons. The lowest BCUT2D eigenvalue weighted by Crippen LogP contribution is -2.08. The highest BCUT2D eigenvalue weighted by molar-refractivity contribution is 9.10. The molecule has 0 aliphatic carbocycles. The van der Waals surface area contributed by atoms with Crippen molar-refractivity contribution in [3.05, 3.63) is 69.2 Å². The highest BCUT2D eigenvalue weighted by atomic mass is 79.9. The van der Waals surface area contributed by atoms with Crippen LogP contribution in [0.4, 0.5) is 22.0 Å². The van der Waals surface area contributed by atoms with E-state index < -0.39 is 29.5 Å². The maximum absolute atomic E-state index is 13.4. The molecule has 0 bridgehead atoms. The van der Waals surface area contributed by atoms with Gasteiger partial charge >= 0.3 is 6.18 Å². The van der Waals surface area contributed by atoms with Gasteiger partial charge in [0, 0.05) is 5.56 Å². The van der Waals surface area contributed by atoms with E-state index in [9.17, 15) is 27.1 Å². The maximum Gasteiger partial charge on any atom is 0.416 e. The first-order valence-corrected chi connectivity index (χ1v) is 6.49. The van der Waals surface area contributed by atoms with Gasteiger partial charge in [-0.3, -0.25) is 0 Å². The van der Waals surface area contributed by atoms with Crippen LogP contribution in [0, 0.1) is 11.6 Å². The molecule has 2 aromatic rings. The van der Waals surface area contributed by atoms with Gasteiger partial charge in [0.2, 0.25) is 0 Å². The van der Waals surface area contributed by atoms with Crippen molar-refractivity contribution in [1.82, 2.24) is 0 Å². The van der Waals surface area contributed by atoms with Crippen molar-refractivity contribution in [1.29, 1.82) is 0 Å². The van der Waals surface area contributed by atoms with E-state index in [1.807, 2.05) is 0 Å². The minimum absolute atomic E-state index is 0.0618. The van der Waals surface area contributed by atoms with Crippen LogP contribution in [0.1, 0.15) is 22.8 Å². The molecule has 0 saturated heterocycles. The van der Waals surface area contributed by atoms with Gasteiger partial charge in [-0.15, -0.1) is 0 Å². The number of hydrogen-bond acceptors (Lipinski definition) is 1. The molecule has 1 unspecified atom stereocenters. The minimum Gasteiger partial charge on any atom is -0.384 e. The molecule has 0 aliphatic rings. The summed E-state index contributed by atoms with van der Waals surface area (Å²) in [4.78, 5) is 0. The summed E-state index contributed by atoms with van der Waals surface area (Å²) in [5.41, 5.74) is -1.07. The van der Waals surface area contributed by atoms with Crippen molar-refractivity contribution in [3.8, 4) is 0 Å². The second-order valence-corrected chi connectivity index (χ2v) is 5.08. The molecule has 0 amide bonds. The van der Waals surface area contributed by atoms with Crippen LogP contribution in [0.15, 0.2) is 40.9 Å². The molecule has 21 heavy (non-hydrogen) atoms. The number of halogens is 6. The van der Waals surface area contributed by atoms with Crippen LogP contribution in [-0.4, -0.2) is 5.11 Å². The summed E-state index contributed by atoms with van der Waals surface area (Å²) in [6.07, 6.45) is -6.07. The molecule has 0 fully saturated rings. The van der Waals surface area contributed by atoms with E-state index in [1.165, 1.54) is 6.07 Å². The highest BCUT2D eigenvalue weighted by Crippen LogP contribution is 2.35. The maximum atomic E-state index is 13.4. The van der Waals surface area contributed by atoms with Crippen LogP contribution < -0.4 is 0 Å². The van der Waals surface area contributed by atoms with Gasteiger partial charge in [-0.05, 0) is 39.7 Å². The normalized spacial score (nSPS) is 13.3. The zero-order valence-corrected chi connectivity index (χ0v) is 11.8. The Hall–Kier alpha value is -1.47. The molecule has 1 nitrogen and oxygen atoms in total.